The number of para-hydroxylation sites is 1. The number of hydrogen-bond donors (Lipinski definition) is 3. The Balaban J connectivity index is 1.59. The summed E-state index contributed by atoms with van der Waals surface area (Å²) in [5.74, 6) is -0.000128. The third kappa shape index (κ3) is 3.67. The van der Waals surface area contributed by atoms with Crippen LogP contribution in [-0.4, -0.2) is 39.6 Å². The standard InChI is InChI=1S/C21H19FN6O3/c1-31-19-14(22)3-2-4-15(19)25-16-9-17(24-13-5-6-13)28-20(26-16)12(10-23-28)7-11-8-18(29)27-21(11)30/h2-4,7,9-10,13,24H,5-6,8H2,1H3,(H,25,26)(H,27,29,30)/b11-7+. The Bertz CT molecular complexity index is 1250. The normalized spacial score (nSPS) is 17.3. The number of imide groups is 1. The first-order valence-corrected chi connectivity index (χ1v) is 9.81. The lowest BCUT2D eigenvalue weighted by Crippen LogP contribution is -2.19. The fourth-order valence-electron chi connectivity index (χ4n) is 3.45. The molecule has 1 saturated carbocycles. The van der Waals surface area contributed by atoms with Crippen molar-refractivity contribution >= 4 is 40.9 Å². The topological polar surface area (TPSA) is 110 Å². The largest absolute Gasteiger partial charge is 0.492 e. The number of hydrogen-bond acceptors (Lipinski definition) is 7. The van der Waals surface area contributed by atoms with E-state index in [0.717, 1.165) is 12.8 Å². The minimum Gasteiger partial charge on any atom is -0.492 e. The van der Waals surface area contributed by atoms with Crippen molar-refractivity contribution in [3.05, 3.63) is 47.4 Å². The van der Waals surface area contributed by atoms with Crippen LogP contribution in [0.5, 0.6) is 5.75 Å². The third-order valence-corrected chi connectivity index (χ3v) is 5.09. The zero-order valence-electron chi connectivity index (χ0n) is 16.6. The van der Waals surface area contributed by atoms with Crippen LogP contribution >= 0.6 is 0 Å². The van der Waals surface area contributed by atoms with Crippen LogP contribution in [0.1, 0.15) is 24.8 Å². The molecule has 0 spiro atoms. The molecular formula is C21H19FN6O3. The van der Waals surface area contributed by atoms with Gasteiger partial charge in [-0.2, -0.15) is 9.61 Å². The molecule has 0 atom stereocenters. The number of aromatic nitrogens is 3. The van der Waals surface area contributed by atoms with E-state index < -0.39 is 11.7 Å². The van der Waals surface area contributed by atoms with E-state index in [1.807, 2.05) is 0 Å². The maximum absolute atomic E-state index is 14.1. The Hall–Kier alpha value is -3.95. The van der Waals surface area contributed by atoms with Crippen molar-refractivity contribution in [1.82, 2.24) is 19.9 Å². The molecule has 0 unspecified atom stereocenters. The highest BCUT2D eigenvalue weighted by Crippen LogP contribution is 2.32. The van der Waals surface area contributed by atoms with Crippen LogP contribution in [0.15, 0.2) is 36.0 Å². The van der Waals surface area contributed by atoms with Crippen LogP contribution < -0.4 is 20.7 Å². The molecule has 1 aliphatic carbocycles. The fourth-order valence-corrected chi connectivity index (χ4v) is 3.45. The van der Waals surface area contributed by atoms with E-state index in [9.17, 15) is 14.0 Å². The fraction of sp³-hybridized carbons (Fsp3) is 0.238. The molecule has 10 heteroatoms. The number of anilines is 3. The van der Waals surface area contributed by atoms with Crippen molar-refractivity contribution in [3.63, 3.8) is 0 Å². The minimum atomic E-state index is -0.489. The average molecular weight is 422 g/mol. The predicted octanol–water partition coefficient (Wildman–Crippen LogP) is 2.62. The second-order valence-electron chi connectivity index (χ2n) is 7.45. The number of carbonyl (C=O) groups excluding carboxylic acids is 2. The van der Waals surface area contributed by atoms with E-state index in [1.54, 1.807) is 35.0 Å². The van der Waals surface area contributed by atoms with Gasteiger partial charge in [0, 0.05) is 23.2 Å². The predicted molar refractivity (Wildman–Crippen MR) is 112 cm³/mol. The number of carbonyl (C=O) groups is 2. The summed E-state index contributed by atoms with van der Waals surface area (Å²) in [7, 11) is 1.40. The summed E-state index contributed by atoms with van der Waals surface area (Å²) < 4.78 is 20.9. The Kier molecular flexibility index (Phi) is 4.54. The maximum Gasteiger partial charge on any atom is 0.254 e. The lowest BCUT2D eigenvalue weighted by atomic mass is 10.1. The SMILES string of the molecule is COc1c(F)cccc1Nc1cc(NC2CC2)n2ncc(/C=C3\CC(=O)NC3=O)c2n1. The van der Waals surface area contributed by atoms with Gasteiger partial charge >= 0.3 is 0 Å². The summed E-state index contributed by atoms with van der Waals surface area (Å²) in [5, 5.41) is 13.2. The number of nitrogens with zero attached hydrogens (tertiary/aromatic N) is 3. The van der Waals surface area contributed by atoms with Gasteiger partial charge in [-0.3, -0.25) is 14.9 Å². The van der Waals surface area contributed by atoms with E-state index in [-0.39, 0.29) is 18.1 Å². The zero-order valence-corrected chi connectivity index (χ0v) is 16.6. The Labute approximate surface area is 176 Å². The van der Waals surface area contributed by atoms with Gasteiger partial charge in [-0.1, -0.05) is 6.07 Å². The van der Waals surface area contributed by atoms with Gasteiger partial charge in [-0.15, -0.1) is 0 Å². The summed E-state index contributed by atoms with van der Waals surface area (Å²) in [5.41, 5.74) is 1.86. The minimum absolute atomic E-state index is 0.0157. The lowest BCUT2D eigenvalue weighted by molar-refractivity contribution is -0.124. The monoisotopic (exact) mass is 422 g/mol. The van der Waals surface area contributed by atoms with Crippen LogP contribution in [0.3, 0.4) is 0 Å². The quantitative estimate of drug-likeness (QED) is 0.414. The molecule has 2 fully saturated rings. The van der Waals surface area contributed by atoms with Crippen LogP contribution in [-0.2, 0) is 9.59 Å². The molecule has 9 nitrogen and oxygen atoms in total. The van der Waals surface area contributed by atoms with E-state index in [1.165, 1.54) is 13.2 Å². The number of halogens is 1. The first-order chi connectivity index (χ1) is 15.0. The number of fused-ring (bicyclic) bond motifs is 1. The van der Waals surface area contributed by atoms with Gasteiger partial charge in [0.1, 0.15) is 11.6 Å². The number of ether oxygens (including phenoxy) is 1. The second kappa shape index (κ2) is 7.38. The molecule has 3 aromatic rings. The zero-order chi connectivity index (χ0) is 21.5. The van der Waals surface area contributed by atoms with Crippen LogP contribution in [0, 0.1) is 5.82 Å². The first-order valence-electron chi connectivity index (χ1n) is 9.81. The van der Waals surface area contributed by atoms with Crippen LogP contribution in [0.2, 0.25) is 0 Å². The van der Waals surface area contributed by atoms with Crippen molar-refractivity contribution in [2.45, 2.75) is 25.3 Å². The number of nitrogens with one attached hydrogen (secondary N) is 3. The van der Waals surface area contributed by atoms with Gasteiger partial charge in [0.05, 0.1) is 25.4 Å². The number of benzene rings is 1. The van der Waals surface area contributed by atoms with Crippen LogP contribution in [0.4, 0.5) is 21.7 Å². The number of rotatable bonds is 6. The van der Waals surface area contributed by atoms with Crippen molar-refractivity contribution in [3.8, 4) is 5.75 Å². The van der Waals surface area contributed by atoms with Crippen molar-refractivity contribution in [2.75, 3.05) is 17.7 Å². The van der Waals surface area contributed by atoms with E-state index in [2.05, 4.69) is 26.0 Å². The number of methoxy groups -OCH3 is 1. The molecular weight excluding hydrogens is 403 g/mol. The van der Waals surface area contributed by atoms with Crippen molar-refractivity contribution < 1.29 is 18.7 Å². The molecule has 1 saturated heterocycles. The van der Waals surface area contributed by atoms with Gasteiger partial charge in [0.15, 0.2) is 17.2 Å². The van der Waals surface area contributed by atoms with Gasteiger partial charge in [0.25, 0.3) is 5.91 Å². The third-order valence-electron chi connectivity index (χ3n) is 5.09. The molecule has 5 rings (SSSR count). The van der Waals surface area contributed by atoms with Gasteiger partial charge in [0.2, 0.25) is 5.91 Å². The highest BCUT2D eigenvalue weighted by Gasteiger charge is 2.26. The van der Waals surface area contributed by atoms with Gasteiger partial charge in [-0.25, -0.2) is 9.37 Å². The van der Waals surface area contributed by atoms with E-state index in [0.29, 0.717) is 40.1 Å². The summed E-state index contributed by atoms with van der Waals surface area (Å²) >= 11 is 0. The average Bonchev–Trinajstić information content (AvgIpc) is 3.37. The maximum atomic E-state index is 14.1. The molecule has 1 aromatic carbocycles. The van der Waals surface area contributed by atoms with Gasteiger partial charge in [-0.05, 0) is 31.1 Å². The first kappa shape index (κ1) is 19.0. The van der Waals surface area contributed by atoms with E-state index >= 15 is 0 Å². The second-order valence-corrected chi connectivity index (χ2v) is 7.45. The lowest BCUT2D eigenvalue weighted by Gasteiger charge is -2.14. The van der Waals surface area contributed by atoms with Gasteiger partial charge < -0.3 is 15.4 Å². The van der Waals surface area contributed by atoms with Crippen LogP contribution in [0.25, 0.3) is 11.7 Å². The Morgan fingerprint density at radius 1 is 1.32 bits per heavy atom. The summed E-state index contributed by atoms with van der Waals surface area (Å²) in [4.78, 5) is 28.1. The van der Waals surface area contributed by atoms with Crippen molar-refractivity contribution in [1.29, 1.82) is 0 Å². The molecule has 2 aromatic heterocycles. The summed E-state index contributed by atoms with van der Waals surface area (Å²) in [6, 6.07) is 6.72. The van der Waals surface area contributed by atoms with E-state index in [4.69, 9.17) is 4.74 Å². The Morgan fingerprint density at radius 2 is 2.16 bits per heavy atom. The highest BCUT2D eigenvalue weighted by atomic mass is 19.1. The molecule has 2 amide bonds. The molecule has 158 valence electrons. The highest BCUT2D eigenvalue weighted by molar-refractivity contribution is 6.15. The summed E-state index contributed by atoms with van der Waals surface area (Å²) in [6.45, 7) is 0. The smallest absolute Gasteiger partial charge is 0.254 e. The summed E-state index contributed by atoms with van der Waals surface area (Å²) in [6.07, 6.45) is 5.34. The molecule has 3 heterocycles. The molecule has 31 heavy (non-hydrogen) atoms. The molecule has 0 bridgehead atoms. The molecule has 3 N–H and O–H groups in total. The Morgan fingerprint density at radius 3 is 2.87 bits per heavy atom. The molecule has 2 aliphatic rings. The van der Waals surface area contributed by atoms with Crippen molar-refractivity contribution in [2.24, 2.45) is 0 Å². The molecule has 1 aliphatic heterocycles. The number of amides is 2. The molecule has 0 radical (unpaired) electrons.